The maximum atomic E-state index is 11.8. The fourth-order valence-electron chi connectivity index (χ4n) is 1.62. The van der Waals surface area contributed by atoms with Crippen LogP contribution in [-0.2, 0) is 4.74 Å². The maximum Gasteiger partial charge on any atom is 0.343 e. The van der Waals surface area contributed by atoms with Gasteiger partial charge in [0, 0.05) is 18.0 Å². The Morgan fingerprint density at radius 2 is 2.00 bits per heavy atom. The topological polar surface area (TPSA) is 59.2 Å². The molecular formula is C14H13NO3. The van der Waals surface area contributed by atoms with Crippen molar-refractivity contribution in [1.29, 1.82) is 0 Å². The van der Waals surface area contributed by atoms with Gasteiger partial charge in [0.25, 0.3) is 0 Å². The fraction of sp³-hybridized carbons (Fsp3) is 0.143. The molecule has 4 nitrogen and oxygen atoms in total. The number of hydrogen-bond donors (Lipinski definition) is 1. The smallest absolute Gasteiger partial charge is 0.343 e. The number of carbonyl (C=O) groups excluding carboxylic acids is 1. The monoisotopic (exact) mass is 243 g/mol. The van der Waals surface area contributed by atoms with Gasteiger partial charge in [-0.1, -0.05) is 30.3 Å². The summed E-state index contributed by atoms with van der Waals surface area (Å²) in [4.78, 5) is 26.2. The van der Waals surface area contributed by atoms with Crippen LogP contribution < -0.4 is 5.43 Å². The van der Waals surface area contributed by atoms with Gasteiger partial charge in [-0.25, -0.2) is 4.79 Å². The zero-order valence-electron chi connectivity index (χ0n) is 9.97. The molecule has 0 saturated carbocycles. The lowest BCUT2D eigenvalue weighted by Gasteiger charge is -2.04. The SMILES string of the molecule is CCOC(=O)c1c[nH]c(-c2ccccc2)cc1=O. The number of rotatable bonds is 3. The standard InChI is InChI=1S/C14H13NO3/c1-2-18-14(17)11-9-15-12(8-13(11)16)10-6-4-3-5-7-10/h3-9H,2H2,1H3,(H,15,16). The molecule has 0 aliphatic rings. The first-order valence-electron chi connectivity index (χ1n) is 5.67. The largest absolute Gasteiger partial charge is 0.462 e. The van der Waals surface area contributed by atoms with Gasteiger partial charge in [0.05, 0.1) is 6.61 Å². The van der Waals surface area contributed by atoms with E-state index >= 15 is 0 Å². The lowest BCUT2D eigenvalue weighted by Crippen LogP contribution is -2.17. The van der Waals surface area contributed by atoms with Crippen molar-refractivity contribution in [1.82, 2.24) is 4.98 Å². The van der Waals surface area contributed by atoms with Crippen molar-refractivity contribution in [3.63, 3.8) is 0 Å². The first kappa shape index (κ1) is 12.1. The summed E-state index contributed by atoms with van der Waals surface area (Å²) in [5.74, 6) is -0.599. The lowest BCUT2D eigenvalue weighted by atomic mass is 10.1. The quantitative estimate of drug-likeness (QED) is 0.841. The molecule has 1 heterocycles. The van der Waals surface area contributed by atoms with Crippen molar-refractivity contribution in [2.24, 2.45) is 0 Å². The molecule has 1 N–H and O–H groups in total. The number of aromatic nitrogens is 1. The Kier molecular flexibility index (Phi) is 3.57. The Hall–Kier alpha value is -2.36. The molecule has 0 unspecified atom stereocenters. The van der Waals surface area contributed by atoms with Gasteiger partial charge in [-0.15, -0.1) is 0 Å². The summed E-state index contributed by atoms with van der Waals surface area (Å²) >= 11 is 0. The molecule has 0 atom stereocenters. The zero-order valence-corrected chi connectivity index (χ0v) is 9.97. The number of esters is 1. The summed E-state index contributed by atoms with van der Waals surface area (Å²) < 4.78 is 4.80. The van der Waals surface area contributed by atoms with Gasteiger partial charge in [0.2, 0.25) is 0 Å². The summed E-state index contributed by atoms with van der Waals surface area (Å²) in [6.07, 6.45) is 1.39. The molecule has 0 fully saturated rings. The zero-order chi connectivity index (χ0) is 13.0. The van der Waals surface area contributed by atoms with E-state index in [1.54, 1.807) is 6.92 Å². The number of aromatic amines is 1. The van der Waals surface area contributed by atoms with Crippen LogP contribution in [0.2, 0.25) is 0 Å². The van der Waals surface area contributed by atoms with Crippen LogP contribution in [0.3, 0.4) is 0 Å². The molecule has 1 aromatic carbocycles. The second-order valence-electron chi connectivity index (χ2n) is 3.71. The van der Waals surface area contributed by atoms with Gasteiger partial charge >= 0.3 is 5.97 Å². The van der Waals surface area contributed by atoms with E-state index in [1.807, 2.05) is 30.3 Å². The predicted octanol–water partition coefficient (Wildman–Crippen LogP) is 2.22. The molecular weight excluding hydrogens is 230 g/mol. The first-order chi connectivity index (χ1) is 8.72. The highest BCUT2D eigenvalue weighted by molar-refractivity contribution is 5.89. The van der Waals surface area contributed by atoms with E-state index in [4.69, 9.17) is 4.74 Å². The molecule has 92 valence electrons. The van der Waals surface area contributed by atoms with Crippen LogP contribution >= 0.6 is 0 Å². The summed E-state index contributed by atoms with van der Waals surface area (Å²) in [7, 11) is 0. The molecule has 0 saturated heterocycles. The summed E-state index contributed by atoms with van der Waals surface area (Å²) in [5, 5.41) is 0. The number of carbonyl (C=O) groups is 1. The minimum Gasteiger partial charge on any atom is -0.462 e. The predicted molar refractivity (Wildman–Crippen MR) is 68.5 cm³/mol. The van der Waals surface area contributed by atoms with Crippen molar-refractivity contribution in [3.8, 4) is 11.3 Å². The number of ether oxygens (including phenoxy) is 1. The summed E-state index contributed by atoms with van der Waals surface area (Å²) in [6, 6.07) is 10.8. The molecule has 1 aromatic heterocycles. The van der Waals surface area contributed by atoms with Gasteiger partial charge in [0.1, 0.15) is 5.56 Å². The third kappa shape index (κ3) is 2.48. The van der Waals surface area contributed by atoms with Crippen LogP contribution in [-0.4, -0.2) is 17.6 Å². The molecule has 4 heteroatoms. The Bertz CT molecular complexity index is 602. The highest BCUT2D eigenvalue weighted by Crippen LogP contribution is 2.14. The molecule has 0 amide bonds. The molecule has 0 bridgehead atoms. The van der Waals surface area contributed by atoms with Gasteiger partial charge in [-0.3, -0.25) is 4.79 Å². The van der Waals surface area contributed by atoms with Crippen LogP contribution in [0.15, 0.2) is 47.4 Å². The lowest BCUT2D eigenvalue weighted by molar-refractivity contribution is 0.0524. The molecule has 2 aromatic rings. The van der Waals surface area contributed by atoms with Crippen molar-refractivity contribution < 1.29 is 9.53 Å². The number of H-pyrrole nitrogens is 1. The minimum absolute atomic E-state index is 0.0246. The number of benzene rings is 1. The second-order valence-corrected chi connectivity index (χ2v) is 3.71. The molecule has 2 rings (SSSR count). The molecule has 0 radical (unpaired) electrons. The van der Waals surface area contributed by atoms with Crippen molar-refractivity contribution in [2.75, 3.05) is 6.61 Å². The molecule has 0 aliphatic heterocycles. The average Bonchev–Trinajstić information content (AvgIpc) is 2.40. The third-order valence-corrected chi connectivity index (χ3v) is 2.49. The first-order valence-corrected chi connectivity index (χ1v) is 5.67. The normalized spacial score (nSPS) is 10.1. The van der Waals surface area contributed by atoms with E-state index in [2.05, 4.69) is 4.98 Å². The van der Waals surface area contributed by atoms with Crippen molar-refractivity contribution >= 4 is 5.97 Å². The highest BCUT2D eigenvalue weighted by atomic mass is 16.5. The van der Waals surface area contributed by atoms with Crippen LogP contribution in [0, 0.1) is 0 Å². The summed E-state index contributed by atoms with van der Waals surface area (Å²) in [6.45, 7) is 1.95. The van der Waals surface area contributed by atoms with Crippen molar-refractivity contribution in [3.05, 3.63) is 58.4 Å². The van der Waals surface area contributed by atoms with Crippen LogP contribution in [0.5, 0.6) is 0 Å². The average molecular weight is 243 g/mol. The Balaban J connectivity index is 2.37. The minimum atomic E-state index is -0.599. The number of hydrogen-bond acceptors (Lipinski definition) is 3. The Morgan fingerprint density at radius 3 is 2.61 bits per heavy atom. The molecule has 18 heavy (non-hydrogen) atoms. The number of nitrogens with one attached hydrogen (secondary N) is 1. The van der Waals surface area contributed by atoms with Crippen molar-refractivity contribution in [2.45, 2.75) is 6.92 Å². The number of pyridine rings is 1. The van der Waals surface area contributed by atoms with Gasteiger partial charge in [-0.05, 0) is 12.5 Å². The fourth-order valence-corrected chi connectivity index (χ4v) is 1.62. The second kappa shape index (κ2) is 5.31. The van der Waals surface area contributed by atoms with E-state index in [1.165, 1.54) is 12.3 Å². The maximum absolute atomic E-state index is 11.8. The van der Waals surface area contributed by atoms with E-state index in [0.717, 1.165) is 5.56 Å². The highest BCUT2D eigenvalue weighted by Gasteiger charge is 2.11. The summed E-state index contributed by atoms with van der Waals surface area (Å²) in [5.41, 5.74) is 1.25. The van der Waals surface area contributed by atoms with Crippen LogP contribution in [0.4, 0.5) is 0 Å². The Morgan fingerprint density at radius 1 is 1.28 bits per heavy atom. The van der Waals surface area contributed by atoms with Gasteiger partial charge < -0.3 is 9.72 Å². The van der Waals surface area contributed by atoms with E-state index < -0.39 is 5.97 Å². The molecule has 0 aliphatic carbocycles. The van der Waals surface area contributed by atoms with E-state index in [9.17, 15) is 9.59 Å². The van der Waals surface area contributed by atoms with Crippen LogP contribution in [0.1, 0.15) is 17.3 Å². The van der Waals surface area contributed by atoms with Crippen LogP contribution in [0.25, 0.3) is 11.3 Å². The van der Waals surface area contributed by atoms with Gasteiger partial charge in [-0.2, -0.15) is 0 Å². The van der Waals surface area contributed by atoms with E-state index in [-0.39, 0.29) is 17.6 Å². The Labute approximate surface area is 104 Å². The third-order valence-electron chi connectivity index (χ3n) is 2.49. The van der Waals surface area contributed by atoms with Gasteiger partial charge in [0.15, 0.2) is 5.43 Å². The van der Waals surface area contributed by atoms with E-state index in [0.29, 0.717) is 5.69 Å². The molecule has 0 spiro atoms.